The number of allylic oxidation sites excluding steroid dienone is 2. The number of carbonyl (C=O) groups is 1. The van der Waals surface area contributed by atoms with Crippen molar-refractivity contribution in [3.05, 3.63) is 29.2 Å². The Morgan fingerprint density at radius 3 is 2.80 bits per heavy atom. The third kappa shape index (κ3) is 4.16. The molecule has 5 nitrogen and oxygen atoms in total. The molecule has 1 aromatic rings. The van der Waals surface area contributed by atoms with Crippen LogP contribution in [0.4, 0.5) is 0 Å². The lowest BCUT2D eigenvalue weighted by molar-refractivity contribution is -0.125. The summed E-state index contributed by atoms with van der Waals surface area (Å²) in [4.78, 5) is 12.8. The molecule has 1 amide bonds. The maximum absolute atomic E-state index is 11.9. The highest BCUT2D eigenvalue weighted by Crippen LogP contribution is 2.21. The molecule has 1 unspecified atom stereocenters. The van der Waals surface area contributed by atoms with Gasteiger partial charge in [0, 0.05) is 17.3 Å². The van der Waals surface area contributed by atoms with Gasteiger partial charge in [0.25, 0.3) is 0 Å². The quantitative estimate of drug-likeness (QED) is 0.805. The fraction of sp³-hybridized carbons (Fsp3) is 0.462. The Balaban J connectivity index is 1.79. The summed E-state index contributed by atoms with van der Waals surface area (Å²) in [7, 11) is -3.62. The van der Waals surface area contributed by atoms with Gasteiger partial charge in [-0.1, -0.05) is 12.2 Å². The number of nitrogens with two attached hydrogens (primary N) is 1. The molecule has 1 aromatic heterocycles. The molecule has 0 aliphatic heterocycles. The van der Waals surface area contributed by atoms with Gasteiger partial charge in [-0.2, -0.15) is 0 Å². The molecular formula is C13H18N2O3S2. The third-order valence-corrected chi connectivity index (χ3v) is 5.81. The van der Waals surface area contributed by atoms with Crippen molar-refractivity contribution in [3.8, 4) is 0 Å². The summed E-state index contributed by atoms with van der Waals surface area (Å²) in [6.07, 6.45) is 7.43. The molecule has 0 radical (unpaired) electrons. The topological polar surface area (TPSA) is 89.3 Å². The summed E-state index contributed by atoms with van der Waals surface area (Å²) >= 11 is 1.15. The van der Waals surface area contributed by atoms with Crippen molar-refractivity contribution in [3.63, 3.8) is 0 Å². The van der Waals surface area contributed by atoms with Crippen LogP contribution in [0, 0.1) is 5.92 Å². The average molecular weight is 314 g/mol. The summed E-state index contributed by atoms with van der Waals surface area (Å²) in [5.41, 5.74) is 0. The number of primary sulfonamides is 1. The SMILES string of the molecule is NS(=O)(=O)c1ccc(CCNC(=O)C2CC=CCC2)s1. The van der Waals surface area contributed by atoms with Gasteiger partial charge >= 0.3 is 0 Å². The molecule has 0 saturated carbocycles. The van der Waals surface area contributed by atoms with Crippen molar-refractivity contribution in [2.75, 3.05) is 6.54 Å². The number of sulfonamides is 1. The van der Waals surface area contributed by atoms with Gasteiger partial charge in [-0.25, -0.2) is 13.6 Å². The van der Waals surface area contributed by atoms with Gasteiger partial charge in [0.15, 0.2) is 0 Å². The van der Waals surface area contributed by atoms with Crippen LogP contribution < -0.4 is 10.5 Å². The van der Waals surface area contributed by atoms with E-state index in [1.165, 1.54) is 6.07 Å². The number of hydrogen-bond acceptors (Lipinski definition) is 4. The average Bonchev–Trinajstić information content (AvgIpc) is 2.88. The Morgan fingerprint density at radius 1 is 1.40 bits per heavy atom. The summed E-state index contributed by atoms with van der Waals surface area (Å²) < 4.78 is 22.5. The monoisotopic (exact) mass is 314 g/mol. The lowest BCUT2D eigenvalue weighted by atomic mass is 9.94. The highest BCUT2D eigenvalue weighted by Gasteiger charge is 2.18. The maximum Gasteiger partial charge on any atom is 0.247 e. The van der Waals surface area contributed by atoms with Gasteiger partial charge in [0.05, 0.1) is 0 Å². The summed E-state index contributed by atoms with van der Waals surface area (Å²) in [5, 5.41) is 7.95. The summed E-state index contributed by atoms with van der Waals surface area (Å²) in [5.74, 6) is 0.154. The van der Waals surface area contributed by atoms with Crippen molar-refractivity contribution >= 4 is 27.3 Å². The predicted octanol–water partition coefficient (Wildman–Crippen LogP) is 1.41. The van der Waals surface area contributed by atoms with Crippen LogP contribution in [0.1, 0.15) is 24.1 Å². The second-order valence-corrected chi connectivity index (χ2v) is 7.74. The van der Waals surface area contributed by atoms with E-state index in [1.807, 2.05) is 6.08 Å². The van der Waals surface area contributed by atoms with E-state index in [-0.39, 0.29) is 16.0 Å². The van der Waals surface area contributed by atoms with Gasteiger partial charge < -0.3 is 5.32 Å². The minimum atomic E-state index is -3.62. The first kappa shape index (κ1) is 15.2. The number of nitrogens with one attached hydrogen (secondary N) is 1. The largest absolute Gasteiger partial charge is 0.355 e. The van der Waals surface area contributed by atoms with Gasteiger partial charge in [0.1, 0.15) is 4.21 Å². The van der Waals surface area contributed by atoms with E-state index in [0.29, 0.717) is 13.0 Å². The van der Waals surface area contributed by atoms with E-state index in [1.54, 1.807) is 6.07 Å². The van der Waals surface area contributed by atoms with Crippen molar-refractivity contribution in [2.24, 2.45) is 11.1 Å². The number of rotatable bonds is 5. The third-order valence-electron chi connectivity index (χ3n) is 3.23. The molecule has 0 aromatic carbocycles. The van der Waals surface area contributed by atoms with Gasteiger partial charge in [-0.3, -0.25) is 4.79 Å². The molecule has 1 aliphatic carbocycles. The van der Waals surface area contributed by atoms with E-state index >= 15 is 0 Å². The Labute approximate surface area is 122 Å². The lowest BCUT2D eigenvalue weighted by Crippen LogP contribution is -2.32. The van der Waals surface area contributed by atoms with Crippen LogP contribution in [0.15, 0.2) is 28.5 Å². The first-order valence-electron chi connectivity index (χ1n) is 6.51. The van der Waals surface area contributed by atoms with Crippen LogP contribution in [-0.2, 0) is 21.2 Å². The zero-order valence-corrected chi connectivity index (χ0v) is 12.7. The maximum atomic E-state index is 11.9. The van der Waals surface area contributed by atoms with Crippen LogP contribution in [0.5, 0.6) is 0 Å². The van der Waals surface area contributed by atoms with E-state index in [4.69, 9.17) is 5.14 Å². The molecule has 110 valence electrons. The number of amides is 1. The summed E-state index contributed by atoms with van der Waals surface area (Å²) in [6.45, 7) is 0.517. The van der Waals surface area contributed by atoms with Crippen LogP contribution in [0.25, 0.3) is 0 Å². The standard InChI is InChI=1S/C13H18N2O3S2/c14-20(17,18)12-7-6-11(19-12)8-9-15-13(16)10-4-2-1-3-5-10/h1-2,6-7,10H,3-5,8-9H2,(H,15,16)(H2,14,17,18). The molecule has 1 atom stereocenters. The molecule has 0 saturated heterocycles. The van der Waals surface area contributed by atoms with Gasteiger partial charge in [-0.05, 0) is 37.8 Å². The molecule has 0 fully saturated rings. The zero-order chi connectivity index (χ0) is 14.6. The van der Waals surface area contributed by atoms with Gasteiger partial charge in [-0.15, -0.1) is 11.3 Å². The Bertz CT molecular complexity index is 605. The fourth-order valence-corrected chi connectivity index (χ4v) is 3.91. The molecule has 7 heteroatoms. The van der Waals surface area contributed by atoms with Crippen LogP contribution in [-0.4, -0.2) is 20.9 Å². The van der Waals surface area contributed by atoms with Crippen molar-refractivity contribution in [1.29, 1.82) is 0 Å². The highest BCUT2D eigenvalue weighted by molar-refractivity contribution is 7.91. The molecule has 2 rings (SSSR count). The molecule has 3 N–H and O–H groups in total. The molecule has 20 heavy (non-hydrogen) atoms. The molecule has 1 heterocycles. The smallest absolute Gasteiger partial charge is 0.247 e. The second-order valence-electron chi connectivity index (χ2n) is 4.79. The number of carbonyl (C=O) groups excluding carboxylic acids is 1. The molecular weight excluding hydrogens is 296 g/mol. The van der Waals surface area contributed by atoms with E-state index in [9.17, 15) is 13.2 Å². The van der Waals surface area contributed by atoms with Crippen molar-refractivity contribution < 1.29 is 13.2 Å². The van der Waals surface area contributed by atoms with Crippen LogP contribution in [0.3, 0.4) is 0 Å². The highest BCUT2D eigenvalue weighted by atomic mass is 32.2. The van der Waals surface area contributed by atoms with E-state index < -0.39 is 10.0 Å². The zero-order valence-electron chi connectivity index (χ0n) is 11.0. The molecule has 1 aliphatic rings. The van der Waals surface area contributed by atoms with Crippen molar-refractivity contribution in [1.82, 2.24) is 5.32 Å². The minimum Gasteiger partial charge on any atom is -0.355 e. The fourth-order valence-electron chi connectivity index (χ4n) is 2.13. The van der Waals surface area contributed by atoms with E-state index in [0.717, 1.165) is 35.5 Å². The van der Waals surface area contributed by atoms with Crippen LogP contribution in [0.2, 0.25) is 0 Å². The normalized spacial score (nSPS) is 18.9. The minimum absolute atomic E-state index is 0.0725. The second kappa shape index (κ2) is 6.51. The van der Waals surface area contributed by atoms with Gasteiger partial charge in [0.2, 0.25) is 15.9 Å². The lowest BCUT2D eigenvalue weighted by Gasteiger charge is -2.16. The van der Waals surface area contributed by atoms with Crippen LogP contribution >= 0.6 is 11.3 Å². The predicted molar refractivity (Wildman–Crippen MR) is 78.9 cm³/mol. The number of thiophene rings is 1. The molecule has 0 bridgehead atoms. The first-order valence-corrected chi connectivity index (χ1v) is 8.87. The molecule has 0 spiro atoms. The Morgan fingerprint density at radius 2 is 2.20 bits per heavy atom. The Hall–Kier alpha value is -1.18. The van der Waals surface area contributed by atoms with E-state index in [2.05, 4.69) is 11.4 Å². The number of hydrogen-bond donors (Lipinski definition) is 2. The first-order chi connectivity index (χ1) is 9.47. The van der Waals surface area contributed by atoms with Crippen molar-refractivity contribution in [2.45, 2.75) is 29.9 Å². The summed E-state index contributed by atoms with van der Waals surface area (Å²) in [6, 6.07) is 3.24. The Kier molecular flexibility index (Phi) is 4.95.